The Morgan fingerprint density at radius 1 is 0.938 bits per heavy atom. The number of anilines is 1. The molecule has 6 nitrogen and oxygen atoms in total. The van der Waals surface area contributed by atoms with Crippen LogP contribution in [0.1, 0.15) is 21.5 Å². The smallest absolute Gasteiger partial charge is 0.272 e. The van der Waals surface area contributed by atoms with Crippen LogP contribution in [0.4, 0.5) is 5.69 Å². The third kappa shape index (κ3) is 5.03. The van der Waals surface area contributed by atoms with E-state index in [0.717, 1.165) is 10.0 Å². The Morgan fingerprint density at radius 3 is 2.50 bits per heavy atom. The molecule has 0 spiro atoms. The molecule has 0 bridgehead atoms. The summed E-state index contributed by atoms with van der Waals surface area (Å²) in [7, 11) is 0. The van der Waals surface area contributed by atoms with Crippen molar-refractivity contribution in [1.29, 1.82) is 0 Å². The summed E-state index contributed by atoms with van der Waals surface area (Å²) in [5.74, 6) is 0.334. The van der Waals surface area contributed by atoms with Crippen molar-refractivity contribution in [2.45, 2.75) is 6.92 Å². The lowest BCUT2D eigenvalue weighted by Crippen LogP contribution is -2.31. The first kappa shape index (κ1) is 22.1. The molecule has 0 saturated carbocycles. The Labute approximate surface area is 201 Å². The van der Waals surface area contributed by atoms with Crippen LogP contribution in [0.25, 0.3) is 6.08 Å². The van der Waals surface area contributed by atoms with E-state index in [-0.39, 0.29) is 12.5 Å². The van der Waals surface area contributed by atoms with Crippen LogP contribution in [0.3, 0.4) is 0 Å². The molecule has 1 aliphatic rings. The largest absolute Gasteiger partial charge is 0.454 e. The van der Waals surface area contributed by atoms with Crippen LogP contribution in [-0.4, -0.2) is 18.6 Å². The highest BCUT2D eigenvalue weighted by atomic mass is 79.9. The summed E-state index contributed by atoms with van der Waals surface area (Å²) in [5, 5.41) is 5.58. The zero-order valence-electron chi connectivity index (χ0n) is 16.9. The van der Waals surface area contributed by atoms with Gasteiger partial charge in [0.05, 0.1) is 11.3 Å². The zero-order chi connectivity index (χ0) is 22.7. The quantitative estimate of drug-likeness (QED) is 0.397. The number of aryl methyl sites for hydroxylation is 1. The first-order valence-electron chi connectivity index (χ1n) is 9.65. The number of halogens is 2. The highest BCUT2D eigenvalue weighted by Crippen LogP contribution is 2.33. The van der Waals surface area contributed by atoms with Gasteiger partial charge in [-0.05, 0) is 92.4 Å². The molecule has 2 amide bonds. The van der Waals surface area contributed by atoms with Gasteiger partial charge in [0.2, 0.25) is 6.79 Å². The molecule has 3 aromatic rings. The second-order valence-corrected chi connectivity index (χ2v) is 8.75. The first-order valence-corrected chi connectivity index (χ1v) is 11.2. The van der Waals surface area contributed by atoms with Crippen molar-refractivity contribution in [3.63, 3.8) is 0 Å². The molecule has 0 unspecified atom stereocenters. The van der Waals surface area contributed by atoms with Crippen molar-refractivity contribution >= 4 is 55.4 Å². The molecule has 162 valence electrons. The van der Waals surface area contributed by atoms with Gasteiger partial charge in [0.1, 0.15) is 5.70 Å². The average molecular weight is 558 g/mol. The van der Waals surface area contributed by atoms with Crippen molar-refractivity contribution in [3.05, 3.63) is 92.0 Å². The molecular formula is C24H18Br2N2O4. The summed E-state index contributed by atoms with van der Waals surface area (Å²) in [6.07, 6.45) is 1.59. The number of carbonyl (C=O) groups excluding carboxylic acids is 2. The van der Waals surface area contributed by atoms with E-state index in [1.807, 2.05) is 25.1 Å². The van der Waals surface area contributed by atoms with Crippen molar-refractivity contribution in [1.82, 2.24) is 5.32 Å². The van der Waals surface area contributed by atoms with Gasteiger partial charge in [0.25, 0.3) is 11.8 Å². The van der Waals surface area contributed by atoms with Gasteiger partial charge in [0.15, 0.2) is 11.5 Å². The van der Waals surface area contributed by atoms with Gasteiger partial charge in [0, 0.05) is 8.95 Å². The van der Waals surface area contributed by atoms with E-state index in [0.29, 0.717) is 32.8 Å². The number of benzene rings is 3. The molecule has 0 atom stereocenters. The van der Waals surface area contributed by atoms with Gasteiger partial charge >= 0.3 is 0 Å². The molecule has 0 radical (unpaired) electrons. The van der Waals surface area contributed by atoms with Crippen LogP contribution in [0.2, 0.25) is 0 Å². The Balaban J connectivity index is 1.66. The normalized spacial score (nSPS) is 12.4. The summed E-state index contributed by atoms with van der Waals surface area (Å²) in [4.78, 5) is 26.1. The Bertz CT molecular complexity index is 1240. The van der Waals surface area contributed by atoms with Crippen molar-refractivity contribution in [2.75, 3.05) is 12.1 Å². The number of nitrogens with one attached hydrogen (secondary N) is 2. The zero-order valence-corrected chi connectivity index (χ0v) is 20.1. The molecule has 0 saturated heterocycles. The molecule has 8 heteroatoms. The predicted molar refractivity (Wildman–Crippen MR) is 130 cm³/mol. The third-order valence-electron chi connectivity index (χ3n) is 4.69. The number of rotatable bonds is 5. The number of fused-ring (bicyclic) bond motifs is 1. The lowest BCUT2D eigenvalue weighted by molar-refractivity contribution is -0.113. The Morgan fingerprint density at radius 2 is 1.72 bits per heavy atom. The SMILES string of the molecule is Cc1ccc(NC(=O)C(=Cc2ccc3c(c2)OCO3)NC(=O)c2ccccc2Br)c(Br)c1. The summed E-state index contributed by atoms with van der Waals surface area (Å²) >= 11 is 6.84. The first-order chi connectivity index (χ1) is 15.4. The van der Waals surface area contributed by atoms with Gasteiger partial charge in [-0.25, -0.2) is 0 Å². The van der Waals surface area contributed by atoms with Crippen LogP contribution in [0.5, 0.6) is 11.5 Å². The van der Waals surface area contributed by atoms with Gasteiger partial charge < -0.3 is 20.1 Å². The second-order valence-electron chi connectivity index (χ2n) is 7.04. The lowest BCUT2D eigenvalue weighted by Gasteiger charge is -2.13. The monoisotopic (exact) mass is 556 g/mol. The maximum atomic E-state index is 13.2. The van der Waals surface area contributed by atoms with Crippen molar-refractivity contribution in [2.24, 2.45) is 0 Å². The van der Waals surface area contributed by atoms with Gasteiger partial charge in [-0.2, -0.15) is 0 Å². The summed E-state index contributed by atoms with van der Waals surface area (Å²) < 4.78 is 12.1. The average Bonchev–Trinajstić information content (AvgIpc) is 3.23. The predicted octanol–water partition coefficient (Wildman–Crippen LogP) is 5.66. The number of hydrogen-bond acceptors (Lipinski definition) is 4. The number of hydrogen-bond donors (Lipinski definition) is 2. The summed E-state index contributed by atoms with van der Waals surface area (Å²) in [5.41, 5.74) is 2.81. The van der Waals surface area contributed by atoms with E-state index >= 15 is 0 Å². The summed E-state index contributed by atoms with van der Waals surface area (Å²) in [6.45, 7) is 2.11. The standard InChI is InChI=1S/C24H18Br2N2O4/c1-14-6-8-19(18(26)10-14)27-24(30)20(28-23(29)16-4-2-3-5-17(16)25)11-15-7-9-21-22(12-15)32-13-31-21/h2-12H,13H2,1H3,(H,27,30)(H,28,29). The molecular weight excluding hydrogens is 540 g/mol. The highest BCUT2D eigenvalue weighted by Gasteiger charge is 2.19. The van der Waals surface area contributed by atoms with Crippen molar-refractivity contribution in [3.8, 4) is 11.5 Å². The highest BCUT2D eigenvalue weighted by molar-refractivity contribution is 9.11. The van der Waals surface area contributed by atoms with Crippen LogP contribution in [0, 0.1) is 6.92 Å². The molecule has 2 N–H and O–H groups in total. The van der Waals surface area contributed by atoms with E-state index in [2.05, 4.69) is 42.5 Å². The number of carbonyl (C=O) groups is 2. The van der Waals surface area contributed by atoms with Crippen molar-refractivity contribution < 1.29 is 19.1 Å². The number of amides is 2. The third-order valence-corrected chi connectivity index (χ3v) is 6.04. The van der Waals surface area contributed by atoms with Gasteiger partial charge in [-0.1, -0.05) is 24.3 Å². The Hall–Kier alpha value is -3.10. The van der Waals surface area contributed by atoms with Gasteiger partial charge in [-0.3, -0.25) is 9.59 Å². The topological polar surface area (TPSA) is 76.7 Å². The van der Waals surface area contributed by atoms with Crippen LogP contribution >= 0.6 is 31.9 Å². The van der Waals surface area contributed by atoms with Crippen LogP contribution in [-0.2, 0) is 4.79 Å². The number of ether oxygens (including phenoxy) is 2. The van der Waals surface area contributed by atoms with E-state index in [4.69, 9.17) is 9.47 Å². The maximum absolute atomic E-state index is 13.2. The lowest BCUT2D eigenvalue weighted by atomic mass is 10.1. The van der Waals surface area contributed by atoms with E-state index in [9.17, 15) is 9.59 Å². The minimum absolute atomic E-state index is 0.0806. The fourth-order valence-electron chi connectivity index (χ4n) is 3.07. The molecule has 1 heterocycles. The molecule has 4 rings (SSSR count). The van der Waals surface area contributed by atoms with Gasteiger partial charge in [-0.15, -0.1) is 0 Å². The molecule has 0 aliphatic carbocycles. The Kier molecular flexibility index (Phi) is 6.62. The van der Waals surface area contributed by atoms with E-state index in [1.165, 1.54) is 0 Å². The molecule has 32 heavy (non-hydrogen) atoms. The van der Waals surface area contributed by atoms with E-state index < -0.39 is 11.8 Å². The van der Waals surface area contributed by atoms with Crippen LogP contribution < -0.4 is 20.1 Å². The molecule has 1 aliphatic heterocycles. The second kappa shape index (κ2) is 9.58. The molecule has 3 aromatic carbocycles. The minimum atomic E-state index is -0.465. The van der Waals surface area contributed by atoms with Crippen LogP contribution in [0.15, 0.2) is 75.3 Å². The molecule has 0 fully saturated rings. The maximum Gasteiger partial charge on any atom is 0.272 e. The van der Waals surface area contributed by atoms with E-state index in [1.54, 1.807) is 48.5 Å². The summed E-state index contributed by atoms with van der Waals surface area (Å²) in [6, 6.07) is 17.9. The fraction of sp³-hybridized carbons (Fsp3) is 0.0833. The molecule has 0 aromatic heterocycles. The minimum Gasteiger partial charge on any atom is -0.454 e. The fourth-order valence-corrected chi connectivity index (χ4v) is 4.13.